The number of carboxylic acid groups (broad SMARTS) is 1. The number of carbonyl (C=O) groups is 2. The first-order chi connectivity index (χ1) is 10.1. The van der Waals surface area contributed by atoms with Crippen LogP contribution in [-0.2, 0) is 9.53 Å². The summed E-state index contributed by atoms with van der Waals surface area (Å²) in [5.74, 6) is -5.48. The van der Waals surface area contributed by atoms with E-state index in [0.717, 1.165) is 4.90 Å². The third-order valence-electron chi connectivity index (χ3n) is 3.11. The maximum atomic E-state index is 12.7. The molecular formula is C11H15F5N2O4. The lowest BCUT2D eigenvalue weighted by molar-refractivity contribution is -0.187. The quantitative estimate of drug-likeness (QED) is 0.565. The van der Waals surface area contributed by atoms with E-state index in [0.29, 0.717) is 0 Å². The molecule has 1 saturated heterocycles. The molecule has 0 saturated carbocycles. The van der Waals surface area contributed by atoms with E-state index in [9.17, 15) is 31.5 Å². The van der Waals surface area contributed by atoms with Crippen molar-refractivity contribution in [1.29, 1.82) is 0 Å². The Kier molecular flexibility index (Phi) is 6.33. The van der Waals surface area contributed by atoms with Crippen molar-refractivity contribution < 1.29 is 41.4 Å². The monoisotopic (exact) mass is 334 g/mol. The van der Waals surface area contributed by atoms with Crippen molar-refractivity contribution >= 4 is 12.0 Å². The van der Waals surface area contributed by atoms with Gasteiger partial charge in [0.1, 0.15) is 6.61 Å². The summed E-state index contributed by atoms with van der Waals surface area (Å²) in [5.41, 5.74) is 0. The highest BCUT2D eigenvalue weighted by molar-refractivity contribution is 5.77. The minimum Gasteiger partial charge on any atom is -0.481 e. The summed E-state index contributed by atoms with van der Waals surface area (Å²) < 4.78 is 66.2. The average Bonchev–Trinajstić information content (AvgIpc) is 2.82. The Morgan fingerprint density at radius 3 is 2.41 bits per heavy atom. The molecule has 0 spiro atoms. The molecule has 2 amide bonds. The van der Waals surface area contributed by atoms with Crippen LogP contribution in [-0.4, -0.2) is 67.5 Å². The summed E-state index contributed by atoms with van der Waals surface area (Å²) in [6.07, 6.45) is -7.38. The number of urea groups is 1. The van der Waals surface area contributed by atoms with Crippen LogP contribution >= 0.6 is 0 Å². The van der Waals surface area contributed by atoms with Crippen molar-refractivity contribution in [2.24, 2.45) is 11.8 Å². The van der Waals surface area contributed by atoms with Gasteiger partial charge in [-0.1, -0.05) is 0 Å². The number of hydrogen-bond donors (Lipinski definition) is 2. The number of nitrogens with one attached hydrogen (secondary N) is 1. The normalized spacial score (nSPS) is 22.2. The van der Waals surface area contributed by atoms with Crippen molar-refractivity contribution in [2.45, 2.75) is 12.6 Å². The minimum atomic E-state index is -4.72. The number of carbonyl (C=O) groups excluding carboxylic acids is 1. The predicted molar refractivity (Wildman–Crippen MR) is 62.5 cm³/mol. The number of likely N-dealkylation sites (tertiary alicyclic amines) is 1. The molecule has 1 fully saturated rings. The topological polar surface area (TPSA) is 78.9 Å². The van der Waals surface area contributed by atoms with Gasteiger partial charge in [-0.25, -0.2) is 13.6 Å². The van der Waals surface area contributed by atoms with Crippen LogP contribution in [0.1, 0.15) is 0 Å². The Bertz CT molecular complexity index is 404. The zero-order chi connectivity index (χ0) is 16.9. The number of hydrogen-bond acceptors (Lipinski definition) is 3. The third kappa shape index (κ3) is 5.28. The van der Waals surface area contributed by atoms with E-state index in [4.69, 9.17) is 5.11 Å². The molecule has 2 atom stereocenters. The summed E-state index contributed by atoms with van der Waals surface area (Å²) in [6.45, 7) is -2.53. The van der Waals surface area contributed by atoms with E-state index >= 15 is 0 Å². The molecule has 0 aliphatic carbocycles. The van der Waals surface area contributed by atoms with Gasteiger partial charge in [0.2, 0.25) is 0 Å². The van der Waals surface area contributed by atoms with Crippen LogP contribution in [0.3, 0.4) is 0 Å². The van der Waals surface area contributed by atoms with Crippen molar-refractivity contribution in [3.63, 3.8) is 0 Å². The van der Waals surface area contributed by atoms with Gasteiger partial charge >= 0.3 is 18.2 Å². The first kappa shape index (κ1) is 18.4. The van der Waals surface area contributed by atoms with Gasteiger partial charge in [-0.05, 0) is 0 Å². The highest BCUT2D eigenvalue weighted by atomic mass is 19.4. The Hall–Kier alpha value is -1.65. The van der Waals surface area contributed by atoms with E-state index in [1.165, 1.54) is 0 Å². The highest BCUT2D eigenvalue weighted by Crippen LogP contribution is 2.37. The van der Waals surface area contributed by atoms with E-state index in [2.05, 4.69) is 10.1 Å². The molecule has 0 radical (unpaired) electrons. The second kappa shape index (κ2) is 7.56. The van der Waals surface area contributed by atoms with Crippen LogP contribution in [0, 0.1) is 11.8 Å². The van der Waals surface area contributed by atoms with Gasteiger partial charge in [0, 0.05) is 19.6 Å². The summed E-state index contributed by atoms with van der Waals surface area (Å²) in [6, 6.07) is -0.890. The lowest BCUT2D eigenvalue weighted by Gasteiger charge is -2.18. The van der Waals surface area contributed by atoms with Gasteiger partial charge in [0.25, 0.3) is 6.43 Å². The predicted octanol–water partition coefficient (Wildman–Crippen LogP) is 1.17. The molecule has 128 valence electrons. The molecule has 11 heteroatoms. The molecule has 0 unspecified atom stereocenters. The maximum Gasteiger partial charge on any atom is 0.394 e. The smallest absolute Gasteiger partial charge is 0.394 e. The number of rotatable bonds is 6. The van der Waals surface area contributed by atoms with Crippen molar-refractivity contribution in [3.05, 3.63) is 0 Å². The van der Waals surface area contributed by atoms with Crippen molar-refractivity contribution in [2.75, 3.05) is 32.8 Å². The fourth-order valence-electron chi connectivity index (χ4n) is 2.07. The molecule has 0 aromatic heterocycles. The minimum absolute atomic E-state index is 0.170. The van der Waals surface area contributed by atoms with Crippen LogP contribution in [0.15, 0.2) is 0 Å². The van der Waals surface area contributed by atoms with Crippen LogP contribution in [0.2, 0.25) is 0 Å². The number of nitrogens with zero attached hydrogens (tertiary/aromatic N) is 1. The third-order valence-corrected chi connectivity index (χ3v) is 3.11. The molecule has 2 N–H and O–H groups in total. The summed E-state index contributed by atoms with van der Waals surface area (Å²) in [7, 11) is 0. The lowest BCUT2D eigenvalue weighted by atomic mass is 9.96. The van der Waals surface area contributed by atoms with E-state index in [1.807, 2.05) is 0 Å². The second-order valence-corrected chi connectivity index (χ2v) is 4.70. The highest BCUT2D eigenvalue weighted by Gasteiger charge is 2.53. The van der Waals surface area contributed by atoms with Crippen molar-refractivity contribution in [1.82, 2.24) is 10.2 Å². The van der Waals surface area contributed by atoms with E-state index < -0.39 is 56.1 Å². The van der Waals surface area contributed by atoms with Crippen LogP contribution in [0.25, 0.3) is 0 Å². The Morgan fingerprint density at radius 2 is 1.95 bits per heavy atom. The molecule has 1 rings (SSSR count). The van der Waals surface area contributed by atoms with Gasteiger partial charge < -0.3 is 20.1 Å². The van der Waals surface area contributed by atoms with Gasteiger partial charge in [-0.3, -0.25) is 4.79 Å². The molecule has 6 nitrogen and oxygen atoms in total. The fraction of sp³-hybridized carbons (Fsp3) is 0.818. The molecule has 0 bridgehead atoms. The average molecular weight is 334 g/mol. The molecular weight excluding hydrogens is 319 g/mol. The lowest BCUT2D eigenvalue weighted by Crippen LogP contribution is -2.41. The SMILES string of the molecule is O=C(O)[C@@H]1CN(C(=O)NCCOCC(F)F)C[C@H]1C(F)(F)F. The standard InChI is InChI=1S/C11H15F5N2O4/c12-8(13)5-22-2-1-17-10(21)18-3-6(9(19)20)7(4-18)11(14,15)16/h6-8H,1-5H2,(H,17,21)(H,19,20)/t6-,7-/m1/s1. The summed E-state index contributed by atoms with van der Waals surface area (Å²) in [4.78, 5) is 23.2. The number of alkyl halides is 5. The number of halogens is 5. The summed E-state index contributed by atoms with van der Waals surface area (Å²) in [5, 5.41) is 11.0. The van der Waals surface area contributed by atoms with Gasteiger partial charge in [-0.2, -0.15) is 13.2 Å². The number of ether oxygens (including phenoxy) is 1. The Labute approximate surface area is 122 Å². The largest absolute Gasteiger partial charge is 0.481 e. The van der Waals surface area contributed by atoms with Crippen LogP contribution in [0.5, 0.6) is 0 Å². The van der Waals surface area contributed by atoms with E-state index in [1.54, 1.807) is 0 Å². The van der Waals surface area contributed by atoms with Gasteiger partial charge in [0.15, 0.2) is 0 Å². The number of aliphatic carboxylic acids is 1. The summed E-state index contributed by atoms with van der Waals surface area (Å²) >= 11 is 0. The first-order valence-electron chi connectivity index (χ1n) is 6.31. The van der Waals surface area contributed by atoms with Gasteiger partial charge in [-0.15, -0.1) is 0 Å². The maximum absolute atomic E-state index is 12.7. The zero-order valence-electron chi connectivity index (χ0n) is 11.3. The number of amides is 2. The molecule has 0 aromatic rings. The molecule has 22 heavy (non-hydrogen) atoms. The second-order valence-electron chi connectivity index (χ2n) is 4.70. The molecule has 1 heterocycles. The fourth-order valence-corrected chi connectivity index (χ4v) is 2.07. The molecule has 1 aliphatic heterocycles. The molecule has 1 aliphatic rings. The Balaban J connectivity index is 2.45. The first-order valence-corrected chi connectivity index (χ1v) is 6.31. The molecule has 0 aromatic carbocycles. The van der Waals surface area contributed by atoms with Crippen LogP contribution < -0.4 is 5.32 Å². The van der Waals surface area contributed by atoms with E-state index in [-0.39, 0.29) is 13.2 Å². The number of carboxylic acids is 1. The Morgan fingerprint density at radius 1 is 1.32 bits per heavy atom. The van der Waals surface area contributed by atoms with Crippen LogP contribution in [0.4, 0.5) is 26.7 Å². The van der Waals surface area contributed by atoms with Crippen molar-refractivity contribution in [3.8, 4) is 0 Å². The van der Waals surface area contributed by atoms with Gasteiger partial charge in [0.05, 0.1) is 18.4 Å². The zero-order valence-corrected chi connectivity index (χ0v) is 11.3.